The predicted octanol–water partition coefficient (Wildman–Crippen LogP) is -0.961. The van der Waals surface area contributed by atoms with Crippen LogP contribution in [0.15, 0.2) is 16.0 Å². The number of aliphatic hydroxyl groups is 2. The fourth-order valence-corrected chi connectivity index (χ4v) is 2.39. The molecule has 0 bridgehead atoms. The summed E-state index contributed by atoms with van der Waals surface area (Å²) < 4.78 is 12.0. The zero-order chi connectivity index (χ0) is 17.1. The summed E-state index contributed by atoms with van der Waals surface area (Å²) in [5.41, 5.74) is 0.0995. The van der Waals surface area contributed by atoms with Gasteiger partial charge in [0.2, 0.25) is 0 Å². The van der Waals surface area contributed by atoms with Gasteiger partial charge in [-0.1, -0.05) is 0 Å². The molecule has 0 aromatic carbocycles. The number of hydrogen-bond donors (Lipinski definition) is 2. The minimum absolute atomic E-state index is 0.311. The van der Waals surface area contributed by atoms with E-state index in [2.05, 4.69) is 9.98 Å². The number of aromatic nitrogens is 2. The number of ether oxygens (including phenoxy) is 2. The quantitative estimate of drug-likeness (QED) is 0.530. The molecule has 0 saturated carbocycles. The average Bonchev–Trinajstić information content (AvgIpc) is 2.83. The van der Waals surface area contributed by atoms with Gasteiger partial charge in [-0.2, -0.15) is 4.98 Å². The Balaban J connectivity index is 2.37. The van der Waals surface area contributed by atoms with E-state index in [4.69, 9.17) is 9.47 Å². The summed E-state index contributed by atoms with van der Waals surface area (Å²) in [6.45, 7) is 1.39. The molecule has 23 heavy (non-hydrogen) atoms. The molecule has 0 aliphatic carbocycles. The van der Waals surface area contributed by atoms with Gasteiger partial charge < -0.3 is 24.6 Å². The van der Waals surface area contributed by atoms with E-state index in [1.54, 1.807) is 24.4 Å². The molecule has 4 unspecified atom stereocenters. The van der Waals surface area contributed by atoms with E-state index in [-0.39, 0.29) is 6.61 Å². The molecule has 0 radical (unpaired) electrons. The fourth-order valence-electron chi connectivity index (χ4n) is 2.39. The van der Waals surface area contributed by atoms with Crippen LogP contribution >= 0.6 is 0 Å². The molecular formula is C14H22N4O5. The lowest BCUT2D eigenvalue weighted by Gasteiger charge is -2.20. The predicted molar refractivity (Wildman–Crippen MR) is 82.9 cm³/mol. The van der Waals surface area contributed by atoms with Crippen LogP contribution in [-0.2, 0) is 9.47 Å². The van der Waals surface area contributed by atoms with Crippen LogP contribution in [0.25, 0.3) is 0 Å². The summed E-state index contributed by atoms with van der Waals surface area (Å²) in [7, 11) is 5.03. The highest BCUT2D eigenvalue weighted by Gasteiger charge is 2.45. The second-order valence-electron chi connectivity index (χ2n) is 5.58. The molecule has 9 nitrogen and oxygen atoms in total. The number of aliphatic hydroxyl groups excluding tert-OH is 2. The molecule has 0 amide bonds. The summed E-state index contributed by atoms with van der Waals surface area (Å²) in [5, 5.41) is 19.3. The molecule has 1 aromatic heterocycles. The van der Waals surface area contributed by atoms with Crippen molar-refractivity contribution in [2.75, 3.05) is 27.8 Å². The van der Waals surface area contributed by atoms with Crippen LogP contribution in [0.5, 0.6) is 0 Å². The second kappa shape index (κ2) is 7.18. The summed E-state index contributed by atoms with van der Waals surface area (Å²) >= 11 is 0. The van der Waals surface area contributed by atoms with Crippen molar-refractivity contribution < 1.29 is 19.7 Å². The van der Waals surface area contributed by atoms with Crippen molar-refractivity contribution in [2.24, 2.45) is 4.99 Å². The third-order valence-corrected chi connectivity index (χ3v) is 3.56. The number of methoxy groups -OCH3 is 1. The van der Waals surface area contributed by atoms with E-state index < -0.39 is 30.2 Å². The third-order valence-electron chi connectivity index (χ3n) is 3.56. The summed E-state index contributed by atoms with van der Waals surface area (Å²) in [4.78, 5) is 22.1. The van der Waals surface area contributed by atoms with Crippen LogP contribution in [0.3, 0.4) is 0 Å². The van der Waals surface area contributed by atoms with E-state index in [0.717, 1.165) is 0 Å². The van der Waals surface area contributed by atoms with E-state index in [1.807, 2.05) is 14.1 Å². The molecule has 1 saturated heterocycles. The molecule has 9 heteroatoms. The van der Waals surface area contributed by atoms with Crippen molar-refractivity contribution in [1.29, 1.82) is 0 Å². The van der Waals surface area contributed by atoms with Gasteiger partial charge in [0.05, 0.1) is 12.9 Å². The van der Waals surface area contributed by atoms with Gasteiger partial charge in [-0.15, -0.1) is 0 Å². The van der Waals surface area contributed by atoms with Gasteiger partial charge in [-0.05, 0) is 6.92 Å². The summed E-state index contributed by atoms with van der Waals surface area (Å²) in [5.74, 6) is 0.311. The number of nitrogens with zero attached hydrogens (tertiary/aromatic N) is 4. The van der Waals surface area contributed by atoms with Crippen LogP contribution in [0.1, 0.15) is 11.8 Å². The van der Waals surface area contributed by atoms with Crippen molar-refractivity contribution in [3.63, 3.8) is 0 Å². The first-order chi connectivity index (χ1) is 10.9. The van der Waals surface area contributed by atoms with Crippen LogP contribution in [0.4, 0.5) is 5.82 Å². The Bertz CT molecular complexity index is 630. The summed E-state index contributed by atoms with van der Waals surface area (Å²) in [6, 6.07) is 0. The Kier molecular flexibility index (Phi) is 5.47. The molecule has 2 N–H and O–H groups in total. The lowest BCUT2D eigenvalue weighted by molar-refractivity contribution is -0.0625. The fraction of sp³-hybridized carbons (Fsp3) is 0.643. The molecule has 2 heterocycles. The van der Waals surface area contributed by atoms with Gasteiger partial charge in [0.1, 0.15) is 18.3 Å². The normalized spacial score (nSPS) is 27.7. The van der Waals surface area contributed by atoms with Crippen molar-refractivity contribution in [2.45, 2.75) is 31.5 Å². The number of aryl methyl sites for hydroxylation is 1. The molecule has 0 spiro atoms. The lowest BCUT2D eigenvalue weighted by Crippen LogP contribution is -2.37. The van der Waals surface area contributed by atoms with Gasteiger partial charge in [-0.3, -0.25) is 4.57 Å². The minimum Gasteiger partial charge on any atom is -0.394 e. The van der Waals surface area contributed by atoms with Crippen LogP contribution in [0, 0.1) is 6.92 Å². The van der Waals surface area contributed by atoms with Gasteiger partial charge in [-0.25, -0.2) is 9.79 Å². The largest absolute Gasteiger partial charge is 0.394 e. The number of rotatable bonds is 5. The molecule has 4 atom stereocenters. The van der Waals surface area contributed by atoms with Gasteiger partial charge in [0.15, 0.2) is 12.0 Å². The topological polar surface area (TPSA) is 109 Å². The molecule has 2 rings (SSSR count). The van der Waals surface area contributed by atoms with Gasteiger partial charge in [0, 0.05) is 33.0 Å². The Hall–Kier alpha value is -1.81. The Morgan fingerprint density at radius 1 is 1.57 bits per heavy atom. The minimum atomic E-state index is -1.03. The Morgan fingerprint density at radius 3 is 2.83 bits per heavy atom. The molecule has 1 aliphatic heterocycles. The Morgan fingerprint density at radius 2 is 2.26 bits per heavy atom. The van der Waals surface area contributed by atoms with E-state index in [9.17, 15) is 15.0 Å². The average molecular weight is 326 g/mol. The molecule has 1 fully saturated rings. The molecule has 1 aromatic rings. The summed E-state index contributed by atoms with van der Waals surface area (Å²) in [6.07, 6.45) is -0.382. The van der Waals surface area contributed by atoms with Gasteiger partial charge in [0.25, 0.3) is 0 Å². The van der Waals surface area contributed by atoms with Crippen molar-refractivity contribution >= 4 is 12.2 Å². The zero-order valence-electron chi connectivity index (χ0n) is 13.6. The second-order valence-corrected chi connectivity index (χ2v) is 5.58. The van der Waals surface area contributed by atoms with E-state index in [1.165, 1.54) is 11.7 Å². The van der Waals surface area contributed by atoms with Crippen molar-refractivity contribution in [3.8, 4) is 0 Å². The first-order valence-corrected chi connectivity index (χ1v) is 7.16. The number of hydrogen-bond acceptors (Lipinski definition) is 7. The SMILES string of the molecule is COC1C(O)C(CO)OC1n1cc(C)c(N=CN(C)C)nc1=O. The maximum absolute atomic E-state index is 12.3. The smallest absolute Gasteiger partial charge is 0.351 e. The maximum Gasteiger partial charge on any atom is 0.351 e. The standard InChI is InChI=1S/C14H22N4O5/c1-8-5-18(14(21)16-12(8)15-7-17(2)3)13-11(22-4)10(20)9(6-19)23-13/h5,7,9-11,13,19-20H,6H2,1-4H3. The molecular weight excluding hydrogens is 304 g/mol. The zero-order valence-corrected chi connectivity index (χ0v) is 13.6. The van der Waals surface area contributed by atoms with E-state index in [0.29, 0.717) is 11.4 Å². The van der Waals surface area contributed by atoms with E-state index >= 15 is 0 Å². The van der Waals surface area contributed by atoms with Crippen LogP contribution in [-0.4, -0.2) is 77.1 Å². The molecule has 1 aliphatic rings. The molecule has 128 valence electrons. The monoisotopic (exact) mass is 326 g/mol. The van der Waals surface area contributed by atoms with Crippen LogP contribution < -0.4 is 5.69 Å². The Labute approximate surface area is 133 Å². The van der Waals surface area contributed by atoms with Crippen molar-refractivity contribution in [1.82, 2.24) is 14.5 Å². The van der Waals surface area contributed by atoms with Gasteiger partial charge >= 0.3 is 5.69 Å². The first-order valence-electron chi connectivity index (χ1n) is 7.16. The van der Waals surface area contributed by atoms with Crippen molar-refractivity contribution in [3.05, 3.63) is 22.2 Å². The van der Waals surface area contributed by atoms with Crippen LogP contribution in [0.2, 0.25) is 0 Å². The lowest BCUT2D eigenvalue weighted by atomic mass is 10.1. The third kappa shape index (κ3) is 3.58. The first kappa shape index (κ1) is 17.5. The highest BCUT2D eigenvalue weighted by atomic mass is 16.6. The maximum atomic E-state index is 12.3. The highest BCUT2D eigenvalue weighted by molar-refractivity contribution is 5.59. The highest BCUT2D eigenvalue weighted by Crippen LogP contribution is 2.30. The number of aliphatic imine (C=N–C) groups is 1.